The smallest absolute Gasteiger partial charge is 0.243 e. The molecule has 2 atom stereocenters. The van der Waals surface area contributed by atoms with Gasteiger partial charge in [-0.2, -0.15) is 0 Å². The van der Waals surface area contributed by atoms with Gasteiger partial charge in [-0.05, 0) is 45.9 Å². The van der Waals surface area contributed by atoms with Crippen LogP contribution in [0.5, 0.6) is 0 Å². The standard InChI is InChI=1S/C15H15N3OS.C13H20N2O3.C5H10N2/c1-16-13(14(19)15-17-6-7-20-15)8-10-9-18-12-5-3-2-4-11(10)12;1-4-6-11(5-2)9-12(15-10(3)17)13(18)14-7-8-16;1-5-6-3-4-7(5)2/h2-7,9,13,16,18H,8H2,1H3;4-6,8,12H,7,9H2,1-3H3,(H,14,18)(H,15,17);3-4H2,1-2H3/b;6-4-,11-5+;. The Morgan fingerprint density at radius 2 is 1.93 bits per heavy atom. The van der Waals surface area contributed by atoms with Crippen LogP contribution in [-0.4, -0.2) is 90.4 Å². The van der Waals surface area contributed by atoms with E-state index in [-0.39, 0.29) is 30.2 Å². The maximum Gasteiger partial charge on any atom is 0.243 e. The van der Waals surface area contributed by atoms with Gasteiger partial charge in [0, 0.05) is 55.6 Å². The van der Waals surface area contributed by atoms with Gasteiger partial charge in [0.05, 0.1) is 25.0 Å². The van der Waals surface area contributed by atoms with Gasteiger partial charge in [0.2, 0.25) is 17.6 Å². The van der Waals surface area contributed by atoms with Crippen LogP contribution >= 0.6 is 11.3 Å². The molecular weight excluding hydrogens is 590 g/mol. The summed E-state index contributed by atoms with van der Waals surface area (Å²) in [6.45, 7) is 9.17. The van der Waals surface area contributed by atoms with Crippen LogP contribution in [0.3, 0.4) is 0 Å². The van der Waals surface area contributed by atoms with Gasteiger partial charge in [-0.25, -0.2) is 4.98 Å². The molecule has 0 spiro atoms. The van der Waals surface area contributed by atoms with Crippen LogP contribution in [-0.2, 0) is 20.8 Å². The topological polar surface area (TPSA) is 149 Å². The van der Waals surface area contributed by atoms with E-state index in [1.165, 1.54) is 29.5 Å². The number of aromatic amines is 1. The molecule has 1 aliphatic rings. The van der Waals surface area contributed by atoms with Gasteiger partial charge in [0.1, 0.15) is 12.3 Å². The number of aldehydes is 1. The number of aromatic nitrogens is 2. The molecule has 0 fully saturated rings. The van der Waals surface area contributed by atoms with E-state index in [9.17, 15) is 19.2 Å². The van der Waals surface area contributed by atoms with Crippen LogP contribution in [0.25, 0.3) is 10.9 Å². The lowest BCUT2D eigenvalue weighted by atomic mass is 10.0. The first-order valence-electron chi connectivity index (χ1n) is 14.8. The highest BCUT2D eigenvalue weighted by Crippen LogP contribution is 2.20. The molecule has 3 heterocycles. The molecule has 3 aromatic rings. The minimum Gasteiger partial charge on any atom is -0.362 e. The van der Waals surface area contributed by atoms with E-state index >= 15 is 0 Å². The summed E-state index contributed by atoms with van der Waals surface area (Å²) in [5.41, 5.74) is 3.18. The van der Waals surface area contributed by atoms with E-state index in [0.717, 1.165) is 29.7 Å². The molecular formula is C33H45N7O4S. The van der Waals surface area contributed by atoms with Crippen molar-refractivity contribution in [1.82, 2.24) is 30.8 Å². The molecule has 4 N–H and O–H groups in total. The molecule has 242 valence electrons. The van der Waals surface area contributed by atoms with E-state index in [1.807, 2.05) is 75.8 Å². The number of amides is 2. The third-order valence-corrected chi connectivity index (χ3v) is 7.77. The number of nitrogens with zero attached hydrogens (tertiary/aromatic N) is 3. The predicted octanol–water partition coefficient (Wildman–Crippen LogP) is 3.71. The Balaban J connectivity index is 0.000000260. The molecule has 2 unspecified atom stereocenters. The van der Waals surface area contributed by atoms with E-state index in [4.69, 9.17) is 0 Å². The number of amidine groups is 1. The van der Waals surface area contributed by atoms with Gasteiger partial charge in [-0.15, -0.1) is 11.3 Å². The van der Waals surface area contributed by atoms with E-state index in [2.05, 4.69) is 48.9 Å². The summed E-state index contributed by atoms with van der Waals surface area (Å²) in [7, 11) is 3.87. The molecule has 11 nitrogen and oxygen atoms in total. The fourth-order valence-corrected chi connectivity index (χ4v) is 5.07. The van der Waals surface area contributed by atoms with Crippen molar-refractivity contribution in [2.24, 2.45) is 4.99 Å². The molecule has 45 heavy (non-hydrogen) atoms. The highest BCUT2D eigenvalue weighted by atomic mass is 32.1. The SMILES string of the molecule is C/C=C\C(=C/C)CC(NC(C)=O)C(=O)NCC=O.CC1=NCCN1C.CNC(Cc1c[nH]c2ccccc12)C(=O)c1nccs1. The molecule has 2 aromatic heterocycles. The summed E-state index contributed by atoms with van der Waals surface area (Å²) < 4.78 is 0. The van der Waals surface area contributed by atoms with Crippen LogP contribution in [0, 0.1) is 0 Å². The van der Waals surface area contributed by atoms with Crippen LogP contribution < -0.4 is 16.0 Å². The zero-order chi connectivity index (χ0) is 33.2. The summed E-state index contributed by atoms with van der Waals surface area (Å²) in [4.78, 5) is 59.1. The fraction of sp³-hybridized carbons (Fsp3) is 0.394. The maximum absolute atomic E-state index is 12.4. The average Bonchev–Trinajstić information content (AvgIpc) is 3.80. The minimum atomic E-state index is -0.662. The molecule has 0 saturated carbocycles. The number of hydrogen-bond acceptors (Lipinski definition) is 9. The van der Waals surface area contributed by atoms with Gasteiger partial charge in [-0.3, -0.25) is 19.4 Å². The Hall–Kier alpha value is -4.42. The number of carbonyl (C=O) groups is 4. The Morgan fingerprint density at radius 3 is 2.47 bits per heavy atom. The molecule has 0 saturated heterocycles. The Morgan fingerprint density at radius 1 is 1.18 bits per heavy atom. The number of Topliss-reactive ketones (excluding diaryl/α,β-unsaturated/α-hetero) is 1. The van der Waals surface area contributed by atoms with Gasteiger partial charge in [0.25, 0.3) is 0 Å². The van der Waals surface area contributed by atoms with Crippen molar-refractivity contribution in [3.63, 3.8) is 0 Å². The lowest BCUT2D eigenvalue weighted by molar-refractivity contribution is -0.128. The monoisotopic (exact) mass is 635 g/mol. The molecule has 0 bridgehead atoms. The average molecular weight is 636 g/mol. The van der Waals surface area contributed by atoms with E-state index in [1.54, 1.807) is 6.20 Å². The van der Waals surface area contributed by atoms with Crippen molar-refractivity contribution < 1.29 is 19.2 Å². The van der Waals surface area contributed by atoms with E-state index in [0.29, 0.717) is 24.1 Å². The number of benzene rings is 1. The Bertz CT molecular complexity index is 1480. The minimum absolute atomic E-state index is 0.0489. The molecule has 1 aromatic carbocycles. The number of H-pyrrole nitrogens is 1. The number of likely N-dealkylation sites (N-methyl/N-ethyl adjacent to an activating group) is 2. The van der Waals surface area contributed by atoms with Crippen molar-refractivity contribution in [1.29, 1.82) is 0 Å². The number of hydrogen-bond donors (Lipinski definition) is 4. The van der Waals surface area contributed by atoms with Crippen LogP contribution in [0.2, 0.25) is 0 Å². The number of aliphatic imine (C=N–C) groups is 1. The molecule has 4 rings (SSSR count). The summed E-state index contributed by atoms with van der Waals surface area (Å²) in [5.74, 6) is 0.575. The lowest BCUT2D eigenvalue weighted by Gasteiger charge is -2.17. The second-order valence-corrected chi connectivity index (χ2v) is 11.1. The summed E-state index contributed by atoms with van der Waals surface area (Å²) in [5, 5.41) is 11.7. The number of thiazole rings is 1. The predicted molar refractivity (Wildman–Crippen MR) is 182 cm³/mol. The fourth-order valence-electron chi connectivity index (χ4n) is 4.44. The molecule has 12 heteroatoms. The quantitative estimate of drug-likeness (QED) is 0.135. The first-order chi connectivity index (χ1) is 21.6. The number of ketones is 1. The first-order valence-corrected chi connectivity index (χ1v) is 15.7. The highest BCUT2D eigenvalue weighted by Gasteiger charge is 2.22. The Labute approximate surface area is 269 Å². The van der Waals surface area contributed by atoms with Crippen molar-refractivity contribution in [3.05, 3.63) is 76.4 Å². The molecule has 1 aliphatic heterocycles. The molecule has 0 radical (unpaired) electrons. The van der Waals surface area contributed by atoms with E-state index < -0.39 is 6.04 Å². The summed E-state index contributed by atoms with van der Waals surface area (Å²) in [6.07, 6.45) is 10.9. The second kappa shape index (κ2) is 19.8. The molecule has 0 aliphatic carbocycles. The van der Waals surface area contributed by atoms with Crippen LogP contribution in [0.1, 0.15) is 49.5 Å². The summed E-state index contributed by atoms with van der Waals surface area (Å²) >= 11 is 1.38. The van der Waals surface area contributed by atoms with Crippen molar-refractivity contribution in [2.45, 2.75) is 52.6 Å². The molecule has 2 amide bonds. The zero-order valence-electron chi connectivity index (χ0n) is 26.9. The first kappa shape index (κ1) is 36.8. The number of nitrogens with one attached hydrogen (secondary N) is 4. The van der Waals surface area contributed by atoms with Crippen molar-refractivity contribution in [3.8, 4) is 0 Å². The number of fused-ring (bicyclic) bond motifs is 1. The van der Waals surface area contributed by atoms with Gasteiger partial charge < -0.3 is 30.6 Å². The van der Waals surface area contributed by atoms with Gasteiger partial charge in [-0.1, -0.05) is 42.0 Å². The van der Waals surface area contributed by atoms with Gasteiger partial charge >= 0.3 is 0 Å². The van der Waals surface area contributed by atoms with Crippen LogP contribution in [0.15, 0.2) is 70.8 Å². The largest absolute Gasteiger partial charge is 0.362 e. The van der Waals surface area contributed by atoms with Crippen LogP contribution in [0.4, 0.5) is 0 Å². The highest BCUT2D eigenvalue weighted by molar-refractivity contribution is 7.11. The third-order valence-electron chi connectivity index (χ3n) is 6.98. The normalized spacial score (nSPS) is 14.0. The van der Waals surface area contributed by atoms with Crippen molar-refractivity contribution >= 4 is 52.0 Å². The number of para-hydroxylation sites is 1. The van der Waals surface area contributed by atoms with Gasteiger partial charge in [0.15, 0.2) is 5.01 Å². The second-order valence-electron chi connectivity index (χ2n) is 10.2. The number of carbonyl (C=O) groups excluding carboxylic acids is 4. The zero-order valence-corrected chi connectivity index (χ0v) is 27.7. The summed E-state index contributed by atoms with van der Waals surface area (Å²) in [6, 6.07) is 7.21. The van der Waals surface area contributed by atoms with Crippen molar-refractivity contribution in [2.75, 3.05) is 33.7 Å². The maximum atomic E-state index is 12.4. The Kier molecular flexibility index (Phi) is 16.2. The number of rotatable bonds is 12. The number of allylic oxidation sites excluding steroid dienone is 3. The lowest BCUT2D eigenvalue weighted by Crippen LogP contribution is -2.46. The third kappa shape index (κ3) is 12.2.